The van der Waals surface area contributed by atoms with Gasteiger partial charge < -0.3 is 9.47 Å². The highest BCUT2D eigenvalue weighted by molar-refractivity contribution is 5.10. The van der Waals surface area contributed by atoms with Gasteiger partial charge in [0.25, 0.3) is 0 Å². The number of hydrogen-bond donors (Lipinski definition) is 0. The van der Waals surface area contributed by atoms with E-state index in [2.05, 4.69) is 20.8 Å². The zero-order valence-corrected chi connectivity index (χ0v) is 9.80. The molecule has 0 spiro atoms. The molecule has 3 atom stereocenters. The molecule has 0 aromatic carbocycles. The lowest BCUT2D eigenvalue weighted by Gasteiger charge is -2.38. The maximum atomic E-state index is 5.80. The highest BCUT2D eigenvalue weighted by atomic mass is 16.7. The largest absolute Gasteiger partial charge is 0.359 e. The lowest BCUT2D eigenvalue weighted by molar-refractivity contribution is -0.120. The van der Waals surface area contributed by atoms with Crippen LogP contribution in [-0.4, -0.2) is 20.0 Å². The molecule has 14 heavy (non-hydrogen) atoms. The molecule has 2 aliphatic carbocycles. The molecule has 2 nitrogen and oxygen atoms in total. The predicted octanol–water partition coefficient (Wildman–Crippen LogP) is 2.82. The second-order valence-electron chi connectivity index (χ2n) is 5.67. The molecule has 0 aromatic rings. The molecule has 0 heterocycles. The van der Waals surface area contributed by atoms with Gasteiger partial charge in [-0.2, -0.15) is 0 Å². The van der Waals surface area contributed by atoms with Crippen molar-refractivity contribution in [1.82, 2.24) is 0 Å². The molecule has 2 aliphatic rings. The van der Waals surface area contributed by atoms with Gasteiger partial charge in [-0.3, -0.25) is 0 Å². The molecule has 2 fully saturated rings. The Morgan fingerprint density at radius 1 is 1.29 bits per heavy atom. The molecule has 2 rings (SSSR count). The number of methoxy groups -OCH3 is 1. The molecule has 0 aromatic heterocycles. The average Bonchev–Trinajstić information content (AvgIpc) is 2.46. The Labute approximate surface area is 87.0 Å². The summed E-state index contributed by atoms with van der Waals surface area (Å²) >= 11 is 0. The van der Waals surface area contributed by atoms with Crippen LogP contribution in [0.15, 0.2) is 0 Å². The summed E-state index contributed by atoms with van der Waals surface area (Å²) in [7, 11) is 1.70. The minimum absolute atomic E-state index is 0.371. The van der Waals surface area contributed by atoms with Crippen molar-refractivity contribution in [2.24, 2.45) is 16.7 Å². The molecular weight excluding hydrogens is 176 g/mol. The van der Waals surface area contributed by atoms with Crippen molar-refractivity contribution < 1.29 is 9.47 Å². The van der Waals surface area contributed by atoms with Crippen LogP contribution in [0.1, 0.15) is 40.0 Å². The van der Waals surface area contributed by atoms with Gasteiger partial charge >= 0.3 is 0 Å². The molecule has 2 heteroatoms. The molecule has 0 N–H and O–H groups in total. The van der Waals surface area contributed by atoms with Crippen LogP contribution in [0.25, 0.3) is 0 Å². The van der Waals surface area contributed by atoms with Crippen molar-refractivity contribution in [1.29, 1.82) is 0 Å². The minimum Gasteiger partial charge on any atom is -0.359 e. The highest BCUT2D eigenvalue weighted by Gasteiger charge is 2.61. The van der Waals surface area contributed by atoms with Crippen LogP contribution in [0.4, 0.5) is 0 Å². The van der Waals surface area contributed by atoms with E-state index in [1.807, 2.05) is 0 Å². The Bertz CT molecular complexity index is 224. The number of hydrogen-bond acceptors (Lipinski definition) is 2. The van der Waals surface area contributed by atoms with E-state index in [0.717, 1.165) is 5.92 Å². The second-order valence-corrected chi connectivity index (χ2v) is 5.67. The van der Waals surface area contributed by atoms with Crippen molar-refractivity contribution in [3.05, 3.63) is 0 Å². The SMILES string of the molecule is COCOC1CC2CC[C@@]1(C)C2(C)C. The predicted molar refractivity (Wildman–Crippen MR) is 56.0 cm³/mol. The van der Waals surface area contributed by atoms with Gasteiger partial charge in [0.15, 0.2) is 0 Å². The van der Waals surface area contributed by atoms with E-state index in [9.17, 15) is 0 Å². The normalized spacial score (nSPS) is 44.6. The Morgan fingerprint density at radius 2 is 2.00 bits per heavy atom. The third-order valence-corrected chi connectivity index (χ3v) is 5.10. The summed E-state index contributed by atoms with van der Waals surface area (Å²) in [4.78, 5) is 0. The van der Waals surface area contributed by atoms with Gasteiger partial charge in [-0.25, -0.2) is 0 Å². The van der Waals surface area contributed by atoms with Crippen molar-refractivity contribution in [3.63, 3.8) is 0 Å². The van der Waals surface area contributed by atoms with E-state index in [0.29, 0.717) is 23.7 Å². The van der Waals surface area contributed by atoms with Crippen LogP contribution in [0.2, 0.25) is 0 Å². The first-order valence-corrected chi connectivity index (χ1v) is 5.63. The zero-order valence-electron chi connectivity index (χ0n) is 9.80. The number of rotatable bonds is 3. The molecule has 0 saturated heterocycles. The van der Waals surface area contributed by atoms with Crippen LogP contribution in [0.3, 0.4) is 0 Å². The van der Waals surface area contributed by atoms with Crippen LogP contribution in [0, 0.1) is 16.7 Å². The lowest BCUT2D eigenvalue weighted by Crippen LogP contribution is -2.37. The summed E-state index contributed by atoms with van der Waals surface area (Å²) in [5.74, 6) is 0.856. The Kier molecular flexibility index (Phi) is 2.39. The van der Waals surface area contributed by atoms with E-state index in [1.54, 1.807) is 7.11 Å². The highest BCUT2D eigenvalue weighted by Crippen LogP contribution is 2.66. The first kappa shape index (κ1) is 10.4. The van der Waals surface area contributed by atoms with Gasteiger partial charge in [-0.15, -0.1) is 0 Å². The van der Waals surface area contributed by atoms with Gasteiger partial charge in [0.05, 0.1) is 6.10 Å². The van der Waals surface area contributed by atoms with Crippen molar-refractivity contribution >= 4 is 0 Å². The first-order chi connectivity index (χ1) is 6.52. The lowest BCUT2D eigenvalue weighted by atomic mass is 9.70. The Balaban J connectivity index is 2.11. The first-order valence-electron chi connectivity index (χ1n) is 5.63. The maximum absolute atomic E-state index is 5.80. The summed E-state index contributed by atoms with van der Waals surface area (Å²) in [6.07, 6.45) is 4.35. The fourth-order valence-corrected chi connectivity index (χ4v) is 3.53. The second kappa shape index (κ2) is 3.21. The Hall–Kier alpha value is -0.0800. The Morgan fingerprint density at radius 3 is 2.43 bits per heavy atom. The number of fused-ring (bicyclic) bond motifs is 2. The van der Waals surface area contributed by atoms with Gasteiger partial charge in [0.2, 0.25) is 0 Å². The molecule has 0 radical (unpaired) electrons. The molecule has 2 bridgehead atoms. The molecule has 2 unspecified atom stereocenters. The van der Waals surface area contributed by atoms with Gasteiger partial charge in [-0.1, -0.05) is 20.8 Å². The van der Waals surface area contributed by atoms with Crippen LogP contribution in [0.5, 0.6) is 0 Å². The maximum Gasteiger partial charge on any atom is 0.146 e. The summed E-state index contributed by atoms with van der Waals surface area (Å²) in [5.41, 5.74) is 0.821. The van der Waals surface area contributed by atoms with Crippen molar-refractivity contribution in [2.75, 3.05) is 13.9 Å². The van der Waals surface area contributed by atoms with Crippen molar-refractivity contribution in [3.8, 4) is 0 Å². The van der Waals surface area contributed by atoms with Crippen LogP contribution >= 0.6 is 0 Å². The van der Waals surface area contributed by atoms with Gasteiger partial charge in [-0.05, 0) is 36.0 Å². The molecule has 2 saturated carbocycles. The fraction of sp³-hybridized carbons (Fsp3) is 1.00. The number of ether oxygens (including phenoxy) is 2. The fourth-order valence-electron chi connectivity index (χ4n) is 3.53. The third-order valence-electron chi connectivity index (χ3n) is 5.10. The van der Waals surface area contributed by atoms with Gasteiger partial charge in [0, 0.05) is 7.11 Å². The zero-order chi connectivity index (χ0) is 10.4. The van der Waals surface area contributed by atoms with Crippen molar-refractivity contribution in [2.45, 2.75) is 46.1 Å². The van der Waals surface area contributed by atoms with E-state index in [4.69, 9.17) is 9.47 Å². The van der Waals surface area contributed by atoms with Crippen LogP contribution in [-0.2, 0) is 9.47 Å². The summed E-state index contributed by atoms with van der Waals surface area (Å²) in [5, 5.41) is 0. The topological polar surface area (TPSA) is 18.5 Å². The molecule has 0 amide bonds. The monoisotopic (exact) mass is 198 g/mol. The summed E-state index contributed by atoms with van der Waals surface area (Å²) in [6, 6.07) is 0. The van der Waals surface area contributed by atoms with E-state index >= 15 is 0 Å². The summed E-state index contributed by atoms with van der Waals surface area (Å²) < 4.78 is 10.8. The molecule has 0 aliphatic heterocycles. The quantitative estimate of drug-likeness (QED) is 0.649. The third kappa shape index (κ3) is 1.17. The van der Waals surface area contributed by atoms with Gasteiger partial charge in [0.1, 0.15) is 6.79 Å². The minimum atomic E-state index is 0.371. The average molecular weight is 198 g/mol. The van der Waals surface area contributed by atoms with E-state index in [1.165, 1.54) is 19.3 Å². The van der Waals surface area contributed by atoms with E-state index in [-0.39, 0.29) is 0 Å². The van der Waals surface area contributed by atoms with E-state index < -0.39 is 0 Å². The summed E-state index contributed by atoms with van der Waals surface area (Å²) in [6.45, 7) is 7.64. The molecular formula is C12H22O2. The standard InChI is InChI=1S/C12H22O2/c1-11(2)9-5-6-12(11,3)10(7-9)14-8-13-4/h9-10H,5-8H2,1-4H3/t9?,10?,12-/m1/s1. The van der Waals surface area contributed by atoms with Crippen LogP contribution < -0.4 is 0 Å². The molecule has 82 valence electrons. The smallest absolute Gasteiger partial charge is 0.146 e.